The number of aliphatic hydroxyl groups is 1. The highest BCUT2D eigenvalue weighted by molar-refractivity contribution is 5.77. The van der Waals surface area contributed by atoms with Crippen molar-refractivity contribution in [1.82, 2.24) is 5.32 Å². The Kier molecular flexibility index (Phi) is 4.31. The molecule has 1 saturated carbocycles. The van der Waals surface area contributed by atoms with Crippen LogP contribution in [0.15, 0.2) is 0 Å². The lowest BCUT2D eigenvalue weighted by molar-refractivity contribution is -0.128. The van der Waals surface area contributed by atoms with Crippen molar-refractivity contribution in [1.29, 1.82) is 0 Å². The molecule has 0 aromatic rings. The summed E-state index contributed by atoms with van der Waals surface area (Å²) in [5.74, 6) is -0.196. The maximum absolute atomic E-state index is 11.1. The van der Waals surface area contributed by atoms with Crippen molar-refractivity contribution in [2.45, 2.75) is 24.9 Å². The number of carbonyl (C=O) groups excluding carboxylic acids is 1. The van der Waals surface area contributed by atoms with Crippen LogP contribution in [-0.2, 0) is 9.53 Å². The summed E-state index contributed by atoms with van der Waals surface area (Å²) < 4.78 is 4.94. The van der Waals surface area contributed by atoms with E-state index in [1.54, 1.807) is 0 Å². The Morgan fingerprint density at radius 2 is 2.29 bits per heavy atom. The lowest BCUT2D eigenvalue weighted by Crippen LogP contribution is -2.48. The van der Waals surface area contributed by atoms with Crippen LogP contribution < -0.4 is 11.1 Å². The summed E-state index contributed by atoms with van der Waals surface area (Å²) in [5.41, 5.74) is 4.53. The van der Waals surface area contributed by atoms with Crippen molar-refractivity contribution in [3.05, 3.63) is 0 Å². The van der Waals surface area contributed by atoms with Crippen molar-refractivity contribution in [2.24, 2.45) is 5.73 Å². The molecule has 0 aromatic heterocycles. The van der Waals surface area contributed by atoms with Crippen LogP contribution in [0.3, 0.4) is 0 Å². The van der Waals surface area contributed by atoms with Crippen LogP contribution >= 0.6 is 0 Å². The third-order valence-corrected chi connectivity index (χ3v) is 2.39. The van der Waals surface area contributed by atoms with Crippen molar-refractivity contribution in [3.8, 4) is 0 Å². The van der Waals surface area contributed by atoms with Gasteiger partial charge in [0.25, 0.3) is 0 Å². The van der Waals surface area contributed by atoms with E-state index in [0.29, 0.717) is 19.7 Å². The van der Waals surface area contributed by atoms with Crippen molar-refractivity contribution in [3.63, 3.8) is 0 Å². The molecular weight excluding hydrogens is 184 g/mol. The van der Waals surface area contributed by atoms with Gasteiger partial charge in [0.05, 0.1) is 12.2 Å². The van der Waals surface area contributed by atoms with Gasteiger partial charge in [-0.05, 0) is 19.3 Å². The molecular formula is C9H18N2O3. The van der Waals surface area contributed by atoms with E-state index in [9.17, 15) is 9.90 Å². The highest BCUT2D eigenvalue weighted by Crippen LogP contribution is 2.30. The lowest BCUT2D eigenvalue weighted by Gasteiger charge is -2.36. The first kappa shape index (κ1) is 11.4. The van der Waals surface area contributed by atoms with Gasteiger partial charge in [-0.3, -0.25) is 4.79 Å². The molecule has 0 saturated heterocycles. The number of rotatable bonds is 6. The molecule has 1 aliphatic rings. The Morgan fingerprint density at radius 3 is 2.79 bits per heavy atom. The van der Waals surface area contributed by atoms with E-state index in [-0.39, 0.29) is 12.5 Å². The maximum Gasteiger partial charge on any atom is 0.246 e. The van der Waals surface area contributed by atoms with Gasteiger partial charge in [-0.1, -0.05) is 0 Å². The molecule has 5 nitrogen and oxygen atoms in total. The van der Waals surface area contributed by atoms with Crippen LogP contribution in [0.5, 0.6) is 0 Å². The Bertz CT molecular complexity index is 192. The van der Waals surface area contributed by atoms with E-state index in [1.165, 1.54) is 0 Å². The van der Waals surface area contributed by atoms with Crippen LogP contribution in [0, 0.1) is 0 Å². The molecule has 0 atom stereocenters. The van der Waals surface area contributed by atoms with Gasteiger partial charge in [0, 0.05) is 13.1 Å². The Hall–Kier alpha value is -0.650. The van der Waals surface area contributed by atoms with Crippen LogP contribution in [0.2, 0.25) is 0 Å². The molecule has 1 amide bonds. The Morgan fingerprint density at radius 1 is 1.57 bits per heavy atom. The summed E-state index contributed by atoms with van der Waals surface area (Å²) in [6, 6.07) is 0. The molecule has 0 heterocycles. The van der Waals surface area contributed by atoms with E-state index in [4.69, 9.17) is 10.5 Å². The second-order valence-electron chi connectivity index (χ2n) is 3.70. The van der Waals surface area contributed by atoms with E-state index in [2.05, 4.69) is 5.32 Å². The summed E-state index contributed by atoms with van der Waals surface area (Å²) in [7, 11) is 0. The highest BCUT2D eigenvalue weighted by atomic mass is 16.5. The minimum Gasteiger partial charge on any atom is -0.388 e. The first-order chi connectivity index (χ1) is 6.66. The number of hydrogen-bond donors (Lipinski definition) is 3. The number of amides is 1. The number of ether oxygens (including phenoxy) is 1. The zero-order valence-corrected chi connectivity index (χ0v) is 8.29. The molecule has 5 heteroatoms. The van der Waals surface area contributed by atoms with Crippen LogP contribution in [-0.4, -0.2) is 42.9 Å². The highest BCUT2D eigenvalue weighted by Gasteiger charge is 2.34. The van der Waals surface area contributed by atoms with Crippen molar-refractivity contribution >= 4 is 5.91 Å². The van der Waals surface area contributed by atoms with Gasteiger partial charge in [-0.25, -0.2) is 0 Å². The third kappa shape index (κ3) is 3.61. The number of nitrogens with two attached hydrogens (primary N) is 1. The molecule has 1 rings (SSSR count). The maximum atomic E-state index is 11.1. The Balaban J connectivity index is 2.03. The fraction of sp³-hybridized carbons (Fsp3) is 0.889. The standard InChI is InChI=1S/C9H18N2O3/c10-4-5-14-6-8(12)11-7-9(13)2-1-3-9/h13H,1-7,10H2,(H,11,12). The number of carbonyl (C=O) groups is 1. The fourth-order valence-corrected chi connectivity index (χ4v) is 1.32. The first-order valence-corrected chi connectivity index (χ1v) is 4.93. The smallest absolute Gasteiger partial charge is 0.246 e. The quantitative estimate of drug-likeness (QED) is 0.482. The SMILES string of the molecule is NCCOCC(=O)NCC1(O)CCC1. The minimum atomic E-state index is -0.663. The zero-order chi connectivity index (χ0) is 10.4. The van der Waals surface area contributed by atoms with Gasteiger partial charge in [0.2, 0.25) is 5.91 Å². The molecule has 0 spiro atoms. The molecule has 0 unspecified atom stereocenters. The van der Waals surface area contributed by atoms with Crippen LogP contribution in [0.1, 0.15) is 19.3 Å². The fourth-order valence-electron chi connectivity index (χ4n) is 1.32. The average molecular weight is 202 g/mol. The van der Waals surface area contributed by atoms with E-state index in [1.807, 2.05) is 0 Å². The largest absolute Gasteiger partial charge is 0.388 e. The second kappa shape index (κ2) is 5.29. The summed E-state index contributed by atoms with van der Waals surface area (Å²) in [5, 5.41) is 12.3. The lowest BCUT2D eigenvalue weighted by atomic mass is 9.80. The molecule has 14 heavy (non-hydrogen) atoms. The summed E-state index contributed by atoms with van der Waals surface area (Å²) in [4.78, 5) is 11.1. The van der Waals surface area contributed by atoms with Gasteiger partial charge < -0.3 is 20.9 Å². The number of nitrogens with one attached hydrogen (secondary N) is 1. The summed E-state index contributed by atoms with van der Waals surface area (Å²) in [6.45, 7) is 1.15. The van der Waals surface area contributed by atoms with E-state index in [0.717, 1.165) is 19.3 Å². The van der Waals surface area contributed by atoms with Gasteiger partial charge in [0.1, 0.15) is 6.61 Å². The van der Waals surface area contributed by atoms with Crippen LogP contribution in [0.4, 0.5) is 0 Å². The second-order valence-corrected chi connectivity index (χ2v) is 3.70. The first-order valence-electron chi connectivity index (χ1n) is 4.93. The predicted molar refractivity (Wildman–Crippen MR) is 51.7 cm³/mol. The summed E-state index contributed by atoms with van der Waals surface area (Å²) >= 11 is 0. The third-order valence-electron chi connectivity index (χ3n) is 2.39. The van der Waals surface area contributed by atoms with Gasteiger partial charge in [0.15, 0.2) is 0 Å². The van der Waals surface area contributed by atoms with E-state index >= 15 is 0 Å². The van der Waals surface area contributed by atoms with Crippen molar-refractivity contribution < 1.29 is 14.6 Å². The normalized spacial score (nSPS) is 18.7. The topological polar surface area (TPSA) is 84.6 Å². The monoisotopic (exact) mass is 202 g/mol. The molecule has 0 radical (unpaired) electrons. The molecule has 0 aromatic carbocycles. The molecule has 1 fully saturated rings. The number of hydrogen-bond acceptors (Lipinski definition) is 4. The van der Waals surface area contributed by atoms with E-state index < -0.39 is 5.60 Å². The Labute approximate surface area is 83.6 Å². The summed E-state index contributed by atoms with van der Waals surface area (Å²) in [6.07, 6.45) is 2.59. The molecule has 0 bridgehead atoms. The van der Waals surface area contributed by atoms with Crippen molar-refractivity contribution in [2.75, 3.05) is 26.3 Å². The molecule has 0 aliphatic heterocycles. The van der Waals surface area contributed by atoms with Gasteiger partial charge in [-0.15, -0.1) is 0 Å². The molecule has 82 valence electrons. The molecule has 1 aliphatic carbocycles. The van der Waals surface area contributed by atoms with Crippen LogP contribution in [0.25, 0.3) is 0 Å². The zero-order valence-electron chi connectivity index (χ0n) is 8.29. The minimum absolute atomic E-state index is 0.0211. The molecule has 4 N–H and O–H groups in total. The van der Waals surface area contributed by atoms with Gasteiger partial charge in [-0.2, -0.15) is 0 Å². The average Bonchev–Trinajstić information content (AvgIpc) is 2.12. The van der Waals surface area contributed by atoms with Gasteiger partial charge >= 0.3 is 0 Å². The predicted octanol–water partition coefficient (Wildman–Crippen LogP) is -1.01.